The number of aromatic nitrogens is 2. The van der Waals surface area contributed by atoms with Crippen LogP contribution in [-0.4, -0.2) is 9.97 Å². The van der Waals surface area contributed by atoms with E-state index >= 15 is 0 Å². The van der Waals surface area contributed by atoms with Gasteiger partial charge >= 0.3 is 0 Å². The molecular weight excluding hydrogens is 769 g/mol. The molecule has 0 bridgehead atoms. The number of fused-ring (bicyclic) bond motifs is 6. The van der Waals surface area contributed by atoms with Crippen LogP contribution in [-0.2, 0) is 5.41 Å². The maximum atomic E-state index is 5.36. The molecule has 0 amide bonds. The third kappa shape index (κ3) is 5.78. The summed E-state index contributed by atoms with van der Waals surface area (Å²) in [4.78, 5) is 10.7. The van der Waals surface area contributed by atoms with E-state index in [0.29, 0.717) is 5.82 Å². The molecule has 62 heavy (non-hydrogen) atoms. The summed E-state index contributed by atoms with van der Waals surface area (Å²) in [5.74, 6) is 0.694. The fourth-order valence-electron chi connectivity index (χ4n) is 9.82. The highest BCUT2D eigenvalue weighted by atomic mass is 32.1. The molecule has 0 unspecified atom stereocenters. The first-order chi connectivity index (χ1) is 30.7. The Labute approximate surface area is 365 Å². The first kappa shape index (κ1) is 36.2. The Morgan fingerprint density at radius 1 is 0.323 bits per heavy atom. The number of hydrogen-bond donors (Lipinski definition) is 0. The maximum Gasteiger partial charge on any atom is 0.160 e. The molecule has 2 heterocycles. The largest absolute Gasteiger partial charge is 0.228 e. The second-order valence-corrected chi connectivity index (χ2v) is 17.1. The van der Waals surface area contributed by atoms with Crippen LogP contribution in [0.15, 0.2) is 231 Å². The van der Waals surface area contributed by atoms with E-state index in [0.717, 1.165) is 33.6 Å². The third-order valence-corrected chi connectivity index (χ3v) is 13.8. The van der Waals surface area contributed by atoms with E-state index in [1.807, 2.05) is 17.4 Å². The van der Waals surface area contributed by atoms with Crippen LogP contribution in [0.25, 0.3) is 87.5 Å². The van der Waals surface area contributed by atoms with Crippen LogP contribution in [0.1, 0.15) is 22.3 Å². The van der Waals surface area contributed by atoms with Crippen LogP contribution < -0.4 is 0 Å². The lowest BCUT2D eigenvalue weighted by Crippen LogP contribution is -2.28. The quantitative estimate of drug-likeness (QED) is 0.160. The Morgan fingerprint density at radius 3 is 1.56 bits per heavy atom. The Hall–Kier alpha value is -7.72. The van der Waals surface area contributed by atoms with Crippen LogP contribution in [0.4, 0.5) is 0 Å². The zero-order valence-corrected chi connectivity index (χ0v) is 34.6. The van der Waals surface area contributed by atoms with Crippen molar-refractivity contribution < 1.29 is 0 Å². The molecule has 0 fully saturated rings. The van der Waals surface area contributed by atoms with Gasteiger partial charge in [-0.3, -0.25) is 0 Å². The highest BCUT2D eigenvalue weighted by Crippen LogP contribution is 2.56. The molecule has 290 valence electrons. The third-order valence-electron chi connectivity index (χ3n) is 12.6. The zero-order chi connectivity index (χ0) is 41.0. The van der Waals surface area contributed by atoms with E-state index in [4.69, 9.17) is 9.97 Å². The van der Waals surface area contributed by atoms with E-state index in [2.05, 4.69) is 224 Å². The Balaban J connectivity index is 1.07. The summed E-state index contributed by atoms with van der Waals surface area (Å²) in [5, 5.41) is 2.59. The van der Waals surface area contributed by atoms with Crippen molar-refractivity contribution in [1.29, 1.82) is 0 Å². The molecule has 0 radical (unpaired) electrons. The topological polar surface area (TPSA) is 25.8 Å². The predicted molar refractivity (Wildman–Crippen MR) is 259 cm³/mol. The van der Waals surface area contributed by atoms with Gasteiger partial charge in [0.1, 0.15) is 0 Å². The molecule has 2 nitrogen and oxygen atoms in total. The second kappa shape index (κ2) is 14.8. The minimum absolute atomic E-state index is 0.514. The molecular formula is C59H38N2S. The van der Waals surface area contributed by atoms with Gasteiger partial charge in [-0.25, -0.2) is 9.97 Å². The lowest BCUT2D eigenvalue weighted by atomic mass is 9.67. The van der Waals surface area contributed by atoms with Crippen molar-refractivity contribution in [3.8, 4) is 67.3 Å². The van der Waals surface area contributed by atoms with E-state index in [-0.39, 0.29) is 0 Å². The molecule has 0 atom stereocenters. The van der Waals surface area contributed by atoms with Gasteiger partial charge in [-0.05, 0) is 74.3 Å². The number of nitrogens with zero attached hydrogens (tertiary/aromatic N) is 2. The van der Waals surface area contributed by atoms with Crippen molar-refractivity contribution >= 4 is 31.5 Å². The van der Waals surface area contributed by atoms with E-state index in [9.17, 15) is 0 Å². The Bertz CT molecular complexity index is 3410. The van der Waals surface area contributed by atoms with Crippen LogP contribution in [0, 0.1) is 0 Å². The minimum atomic E-state index is -0.514. The van der Waals surface area contributed by atoms with Gasteiger partial charge in [-0.2, -0.15) is 0 Å². The molecule has 11 aromatic rings. The highest BCUT2D eigenvalue weighted by Gasteiger charge is 2.46. The molecule has 1 aliphatic rings. The number of thiophene rings is 1. The molecule has 0 aliphatic heterocycles. The SMILES string of the molecule is c1ccc(-c2nc(-c3ccc(-c4cccc5c4sc4ccccc45)c(-c4ccccc4)c3)cc(-c3ccc4c(c3)C(c3ccccc3)(c3ccccc3)c3ccccc3-4)n2)cc1. The van der Waals surface area contributed by atoms with Gasteiger partial charge in [0.05, 0.1) is 16.8 Å². The number of hydrogen-bond acceptors (Lipinski definition) is 3. The molecule has 0 saturated heterocycles. The summed E-state index contributed by atoms with van der Waals surface area (Å²) in [6, 6.07) is 83.4. The molecule has 0 saturated carbocycles. The highest BCUT2D eigenvalue weighted by molar-refractivity contribution is 7.26. The smallest absolute Gasteiger partial charge is 0.160 e. The first-order valence-corrected chi connectivity index (χ1v) is 22.0. The van der Waals surface area contributed by atoms with Gasteiger partial charge in [0.2, 0.25) is 0 Å². The molecule has 9 aromatic carbocycles. The fourth-order valence-corrected chi connectivity index (χ4v) is 11.0. The molecule has 1 aliphatic carbocycles. The van der Waals surface area contributed by atoms with E-state index in [1.165, 1.54) is 70.2 Å². The summed E-state index contributed by atoms with van der Waals surface area (Å²) in [7, 11) is 0. The Kier molecular flexibility index (Phi) is 8.62. The average Bonchev–Trinajstić information content (AvgIpc) is 3.89. The van der Waals surface area contributed by atoms with Crippen LogP contribution in [0.2, 0.25) is 0 Å². The van der Waals surface area contributed by atoms with Crippen LogP contribution in [0.3, 0.4) is 0 Å². The molecule has 3 heteroatoms. The van der Waals surface area contributed by atoms with Gasteiger partial charge < -0.3 is 0 Å². The zero-order valence-electron chi connectivity index (χ0n) is 33.7. The normalized spacial score (nSPS) is 12.6. The van der Waals surface area contributed by atoms with Gasteiger partial charge in [-0.1, -0.05) is 206 Å². The number of rotatable bonds is 7. The van der Waals surface area contributed by atoms with Crippen molar-refractivity contribution in [1.82, 2.24) is 9.97 Å². The minimum Gasteiger partial charge on any atom is -0.228 e. The molecule has 0 spiro atoms. The van der Waals surface area contributed by atoms with Crippen LogP contribution >= 0.6 is 11.3 Å². The van der Waals surface area contributed by atoms with Crippen molar-refractivity contribution in [2.75, 3.05) is 0 Å². The monoisotopic (exact) mass is 806 g/mol. The van der Waals surface area contributed by atoms with Gasteiger partial charge in [-0.15, -0.1) is 11.3 Å². The molecule has 2 aromatic heterocycles. The average molecular weight is 807 g/mol. The lowest BCUT2D eigenvalue weighted by molar-refractivity contribution is 0.768. The van der Waals surface area contributed by atoms with Gasteiger partial charge in [0.25, 0.3) is 0 Å². The summed E-state index contributed by atoms with van der Waals surface area (Å²) >= 11 is 1.87. The Morgan fingerprint density at radius 2 is 0.855 bits per heavy atom. The van der Waals surface area contributed by atoms with Crippen molar-refractivity contribution in [3.05, 3.63) is 253 Å². The summed E-state index contributed by atoms with van der Waals surface area (Å²) in [6.45, 7) is 0. The molecule has 12 rings (SSSR count). The summed E-state index contributed by atoms with van der Waals surface area (Å²) in [5.41, 5.74) is 16.6. The summed E-state index contributed by atoms with van der Waals surface area (Å²) < 4.78 is 2.60. The predicted octanol–water partition coefficient (Wildman–Crippen LogP) is 15.5. The van der Waals surface area contributed by atoms with Gasteiger partial charge in [0, 0.05) is 42.4 Å². The van der Waals surface area contributed by atoms with Crippen molar-refractivity contribution in [2.45, 2.75) is 5.41 Å². The van der Waals surface area contributed by atoms with Crippen molar-refractivity contribution in [3.63, 3.8) is 0 Å². The lowest BCUT2D eigenvalue weighted by Gasteiger charge is -2.34. The fraction of sp³-hybridized carbons (Fsp3) is 0.0169. The van der Waals surface area contributed by atoms with E-state index < -0.39 is 5.41 Å². The number of benzene rings is 9. The first-order valence-electron chi connectivity index (χ1n) is 21.1. The van der Waals surface area contributed by atoms with Gasteiger partial charge in [0.15, 0.2) is 5.82 Å². The summed E-state index contributed by atoms with van der Waals surface area (Å²) in [6.07, 6.45) is 0. The maximum absolute atomic E-state index is 5.36. The van der Waals surface area contributed by atoms with Crippen LogP contribution in [0.5, 0.6) is 0 Å². The molecule has 0 N–H and O–H groups in total. The second-order valence-electron chi connectivity index (χ2n) is 16.0. The van der Waals surface area contributed by atoms with Crippen molar-refractivity contribution in [2.24, 2.45) is 0 Å². The standard InChI is InChI=1S/C59H38N2S/c1-5-18-39(19-6-1)51-36-41(32-34-45(51)49-28-17-29-50-48-27-14-16-31-56(48)62-57(49)50)54-38-55(61-58(60-54)40-20-7-2-8-21-40)42-33-35-47-46-26-13-15-30-52(46)59(53(47)37-42,43-22-9-3-10-23-43)44-24-11-4-12-25-44/h1-38H. The van der Waals surface area contributed by atoms with E-state index in [1.54, 1.807) is 0 Å².